The number of carbonyl (C=O) groups is 2. The predicted octanol–water partition coefficient (Wildman–Crippen LogP) is 6.32. The van der Waals surface area contributed by atoms with Crippen molar-refractivity contribution in [2.75, 3.05) is 0 Å². The summed E-state index contributed by atoms with van der Waals surface area (Å²) in [6, 6.07) is 0. The molecule has 0 rings (SSSR count). The van der Waals surface area contributed by atoms with Crippen molar-refractivity contribution < 1.29 is 9.59 Å². The molecule has 0 aromatic heterocycles. The minimum absolute atomic E-state index is 0.0168. The molecule has 0 bridgehead atoms. The molecule has 0 saturated carbocycles. The number of ketones is 2. The van der Waals surface area contributed by atoms with E-state index in [1.165, 1.54) is 0 Å². The zero-order valence-electron chi connectivity index (χ0n) is 18.4. The Bertz CT molecular complexity index is 400. The van der Waals surface area contributed by atoms with Gasteiger partial charge in [0.1, 0.15) is 11.6 Å². The Morgan fingerprint density at radius 2 is 0.750 bits per heavy atom. The molecule has 142 valence electrons. The third kappa shape index (κ3) is 7.07. The van der Waals surface area contributed by atoms with Gasteiger partial charge in [-0.2, -0.15) is 0 Å². The minimum Gasteiger partial charge on any atom is -0.299 e. The molecule has 2 atom stereocenters. The second kappa shape index (κ2) is 7.30. The van der Waals surface area contributed by atoms with Gasteiger partial charge in [-0.25, -0.2) is 0 Å². The summed E-state index contributed by atoms with van der Waals surface area (Å²) in [5, 5.41) is 0. The van der Waals surface area contributed by atoms with E-state index < -0.39 is 0 Å². The Morgan fingerprint density at radius 3 is 0.875 bits per heavy atom. The van der Waals surface area contributed by atoms with Gasteiger partial charge in [-0.3, -0.25) is 9.59 Å². The van der Waals surface area contributed by atoms with Crippen molar-refractivity contribution in [1.82, 2.24) is 0 Å². The summed E-state index contributed by atoms with van der Waals surface area (Å²) in [4.78, 5) is 25.5. The molecule has 0 spiro atoms. The Labute approximate surface area is 151 Å². The zero-order valence-corrected chi connectivity index (χ0v) is 18.4. The molecule has 0 aliphatic heterocycles. The lowest BCUT2D eigenvalue weighted by molar-refractivity contribution is -0.133. The zero-order chi connectivity index (χ0) is 19.7. The van der Waals surface area contributed by atoms with Crippen LogP contribution in [0.1, 0.15) is 95.9 Å². The van der Waals surface area contributed by atoms with Crippen molar-refractivity contribution in [1.29, 1.82) is 0 Å². The first-order chi connectivity index (χ1) is 10.3. The highest BCUT2D eigenvalue weighted by Crippen LogP contribution is 2.47. The molecule has 0 heterocycles. The molecule has 0 amide bonds. The summed E-state index contributed by atoms with van der Waals surface area (Å²) in [6.07, 6.45) is 1.10. The first kappa shape index (κ1) is 23.3. The molecule has 0 aromatic carbocycles. The average Bonchev–Trinajstić information content (AvgIpc) is 2.27. The van der Waals surface area contributed by atoms with E-state index in [1.54, 1.807) is 0 Å². The van der Waals surface area contributed by atoms with Crippen LogP contribution in [0.2, 0.25) is 0 Å². The van der Waals surface area contributed by atoms with Crippen LogP contribution in [-0.2, 0) is 9.59 Å². The van der Waals surface area contributed by atoms with Gasteiger partial charge < -0.3 is 0 Å². The maximum atomic E-state index is 12.8. The van der Waals surface area contributed by atoms with Crippen molar-refractivity contribution >= 4 is 11.6 Å². The molecule has 2 heteroatoms. The third-order valence-electron chi connectivity index (χ3n) is 5.19. The highest BCUT2D eigenvalue weighted by molar-refractivity contribution is 5.85. The summed E-state index contributed by atoms with van der Waals surface area (Å²) in [5.74, 6) is 0.964. The molecule has 0 unspecified atom stereocenters. The number of hydrogen-bond donors (Lipinski definition) is 0. The Hall–Kier alpha value is -0.660. The maximum Gasteiger partial charge on any atom is 0.138 e. The SMILES string of the molecule is CC(C)(C)C(=O)C[C@@H]([C@H](CC(=O)C(C)(C)C)C(C)(C)C)C(C)(C)C. The van der Waals surface area contributed by atoms with Crippen LogP contribution in [0, 0.1) is 33.5 Å². The van der Waals surface area contributed by atoms with Crippen LogP contribution in [0.4, 0.5) is 0 Å². The molecule has 2 nitrogen and oxygen atoms in total. The normalized spacial score (nSPS) is 16.7. The summed E-state index contributed by atoms with van der Waals surface area (Å²) in [7, 11) is 0. The molecule has 0 radical (unpaired) electrons. The second-order valence-corrected chi connectivity index (χ2v) is 11.7. The van der Waals surface area contributed by atoms with Crippen molar-refractivity contribution in [3.8, 4) is 0 Å². The lowest BCUT2D eigenvalue weighted by atomic mass is 9.59. The van der Waals surface area contributed by atoms with Gasteiger partial charge in [0, 0.05) is 23.7 Å². The van der Waals surface area contributed by atoms with Gasteiger partial charge in [0.15, 0.2) is 0 Å². The smallest absolute Gasteiger partial charge is 0.138 e. The van der Waals surface area contributed by atoms with E-state index in [9.17, 15) is 9.59 Å². The standard InChI is InChI=1S/C22H42O2/c1-19(2,3)15(13-17(23)21(7,8)9)16(20(4,5)6)14-18(24)22(10,11)12/h15-16H,13-14H2,1-12H3/t15-,16-/m0/s1. The van der Waals surface area contributed by atoms with Crippen LogP contribution in [0.3, 0.4) is 0 Å². The molecular weight excluding hydrogens is 296 g/mol. The molecule has 0 fully saturated rings. The number of rotatable bonds is 5. The molecule has 0 aliphatic carbocycles. The maximum absolute atomic E-state index is 12.8. The van der Waals surface area contributed by atoms with Crippen molar-refractivity contribution in [3.63, 3.8) is 0 Å². The van der Waals surface area contributed by atoms with E-state index >= 15 is 0 Å². The number of Topliss-reactive ketones (excluding diaryl/α,β-unsaturated/α-hetero) is 2. The Kier molecular flexibility index (Phi) is 7.10. The monoisotopic (exact) mass is 338 g/mol. The van der Waals surface area contributed by atoms with Crippen molar-refractivity contribution in [2.24, 2.45) is 33.5 Å². The van der Waals surface area contributed by atoms with E-state index in [1.807, 2.05) is 41.5 Å². The molecule has 24 heavy (non-hydrogen) atoms. The fraction of sp³-hybridized carbons (Fsp3) is 0.909. The van der Waals surface area contributed by atoms with Crippen LogP contribution in [0.15, 0.2) is 0 Å². The van der Waals surface area contributed by atoms with Gasteiger partial charge in [0.25, 0.3) is 0 Å². The van der Waals surface area contributed by atoms with Gasteiger partial charge in [0.2, 0.25) is 0 Å². The summed E-state index contributed by atoms with van der Waals surface area (Å²) < 4.78 is 0. The van der Waals surface area contributed by atoms with Crippen LogP contribution in [0.25, 0.3) is 0 Å². The van der Waals surface area contributed by atoms with Crippen LogP contribution in [-0.4, -0.2) is 11.6 Å². The molecule has 0 N–H and O–H groups in total. The van der Waals surface area contributed by atoms with Gasteiger partial charge in [-0.05, 0) is 22.7 Å². The van der Waals surface area contributed by atoms with Gasteiger partial charge in [-0.15, -0.1) is 0 Å². The Balaban J connectivity index is 5.79. The first-order valence-electron chi connectivity index (χ1n) is 9.34. The van der Waals surface area contributed by atoms with Crippen LogP contribution in [0.5, 0.6) is 0 Å². The van der Waals surface area contributed by atoms with Gasteiger partial charge >= 0.3 is 0 Å². The molecule has 0 aliphatic rings. The van der Waals surface area contributed by atoms with E-state index in [-0.39, 0.29) is 33.5 Å². The van der Waals surface area contributed by atoms with E-state index in [4.69, 9.17) is 0 Å². The Morgan fingerprint density at radius 1 is 0.542 bits per heavy atom. The van der Waals surface area contributed by atoms with Crippen molar-refractivity contribution in [2.45, 2.75) is 95.9 Å². The largest absolute Gasteiger partial charge is 0.299 e. The topological polar surface area (TPSA) is 34.1 Å². The fourth-order valence-corrected chi connectivity index (χ4v) is 3.12. The highest BCUT2D eigenvalue weighted by atomic mass is 16.1. The molecule has 0 aromatic rings. The van der Waals surface area contributed by atoms with E-state index in [0.717, 1.165) is 0 Å². The minimum atomic E-state index is -0.333. The van der Waals surface area contributed by atoms with E-state index in [0.29, 0.717) is 24.4 Å². The predicted molar refractivity (Wildman–Crippen MR) is 104 cm³/mol. The third-order valence-corrected chi connectivity index (χ3v) is 5.19. The lowest BCUT2D eigenvalue weighted by Crippen LogP contribution is -2.41. The summed E-state index contributed by atoms with van der Waals surface area (Å²) in [6.45, 7) is 25.1. The van der Waals surface area contributed by atoms with Crippen LogP contribution >= 0.6 is 0 Å². The number of carbonyl (C=O) groups excluding carboxylic acids is 2. The first-order valence-corrected chi connectivity index (χ1v) is 9.34. The lowest BCUT2D eigenvalue weighted by Gasteiger charge is -2.45. The van der Waals surface area contributed by atoms with Gasteiger partial charge in [-0.1, -0.05) is 83.1 Å². The molecular formula is C22H42O2. The highest BCUT2D eigenvalue weighted by Gasteiger charge is 2.43. The number of hydrogen-bond acceptors (Lipinski definition) is 2. The van der Waals surface area contributed by atoms with Crippen molar-refractivity contribution in [3.05, 3.63) is 0 Å². The quantitative estimate of drug-likeness (QED) is 0.587. The van der Waals surface area contributed by atoms with Gasteiger partial charge in [0.05, 0.1) is 0 Å². The van der Waals surface area contributed by atoms with E-state index in [2.05, 4.69) is 41.5 Å². The second-order valence-electron chi connectivity index (χ2n) is 11.7. The average molecular weight is 339 g/mol. The summed E-state index contributed by atoms with van der Waals surface area (Å²) >= 11 is 0. The fourth-order valence-electron chi connectivity index (χ4n) is 3.12. The summed E-state index contributed by atoms with van der Waals surface area (Å²) in [5.41, 5.74) is -0.700. The van der Waals surface area contributed by atoms with Crippen LogP contribution < -0.4 is 0 Å². The molecule has 0 saturated heterocycles.